The molecule has 0 bridgehead atoms. The number of hydrogen-bond donors (Lipinski definition) is 1. The van der Waals surface area contributed by atoms with Gasteiger partial charge in [-0.25, -0.2) is 4.79 Å². The van der Waals surface area contributed by atoms with E-state index in [-0.39, 0.29) is 18.2 Å². The van der Waals surface area contributed by atoms with Gasteiger partial charge in [-0.3, -0.25) is 14.6 Å². The first-order chi connectivity index (χ1) is 10.8. The fourth-order valence-corrected chi connectivity index (χ4v) is 2.50. The van der Waals surface area contributed by atoms with Crippen molar-refractivity contribution < 1.29 is 19.1 Å². The maximum atomic E-state index is 12.3. The molecule has 1 aromatic heterocycles. The lowest BCUT2D eigenvalue weighted by atomic mass is 10.0. The van der Waals surface area contributed by atoms with Gasteiger partial charge < -0.3 is 15.0 Å². The number of carbonyl (C=O) groups is 3. The summed E-state index contributed by atoms with van der Waals surface area (Å²) in [6, 6.07) is 5.49. The van der Waals surface area contributed by atoms with E-state index in [2.05, 4.69) is 15.0 Å². The lowest BCUT2D eigenvalue weighted by Gasteiger charge is -2.24. The summed E-state index contributed by atoms with van der Waals surface area (Å²) in [4.78, 5) is 41.8. The van der Waals surface area contributed by atoms with Gasteiger partial charge in [0.2, 0.25) is 11.8 Å². The van der Waals surface area contributed by atoms with Crippen molar-refractivity contribution in [2.45, 2.75) is 32.4 Å². The van der Waals surface area contributed by atoms with Crippen LogP contribution in [0.4, 0.5) is 0 Å². The van der Waals surface area contributed by atoms with Crippen LogP contribution in [0.1, 0.15) is 26.0 Å². The number of rotatable bonds is 5. The van der Waals surface area contributed by atoms with Gasteiger partial charge >= 0.3 is 5.97 Å². The third-order valence-corrected chi connectivity index (χ3v) is 3.80. The van der Waals surface area contributed by atoms with Crippen LogP contribution in [0.3, 0.4) is 0 Å². The van der Waals surface area contributed by atoms with E-state index < -0.39 is 17.4 Å². The summed E-state index contributed by atoms with van der Waals surface area (Å²) in [5, 5.41) is 2.65. The lowest BCUT2D eigenvalue weighted by molar-refractivity contribution is -0.149. The highest BCUT2D eigenvalue weighted by molar-refractivity contribution is 5.92. The van der Waals surface area contributed by atoms with Crippen molar-refractivity contribution >= 4 is 17.8 Å². The first kappa shape index (κ1) is 16.9. The normalized spacial score (nSPS) is 18.0. The largest absolute Gasteiger partial charge is 0.467 e. The molecule has 2 amide bonds. The number of esters is 1. The summed E-state index contributed by atoms with van der Waals surface area (Å²) >= 11 is 0. The van der Waals surface area contributed by atoms with Crippen LogP contribution < -0.4 is 5.32 Å². The molecule has 23 heavy (non-hydrogen) atoms. The molecule has 0 spiro atoms. The maximum Gasteiger partial charge on any atom is 0.330 e. The molecule has 1 fully saturated rings. The predicted octanol–water partition coefficient (Wildman–Crippen LogP) is 0.498. The van der Waals surface area contributed by atoms with E-state index in [0.717, 1.165) is 5.69 Å². The minimum absolute atomic E-state index is 0.0910. The average molecular weight is 319 g/mol. The van der Waals surface area contributed by atoms with Crippen molar-refractivity contribution in [3.63, 3.8) is 0 Å². The summed E-state index contributed by atoms with van der Waals surface area (Å²) in [6.07, 6.45) is 1.80. The van der Waals surface area contributed by atoms with Crippen molar-refractivity contribution in [1.82, 2.24) is 15.2 Å². The molecule has 1 saturated heterocycles. The molecule has 0 saturated carbocycles. The lowest BCUT2D eigenvalue weighted by Crippen LogP contribution is -2.52. The third kappa shape index (κ3) is 4.06. The zero-order valence-electron chi connectivity index (χ0n) is 13.5. The van der Waals surface area contributed by atoms with Gasteiger partial charge in [-0.15, -0.1) is 0 Å². The number of hydrogen-bond acceptors (Lipinski definition) is 5. The SMILES string of the molecule is COC(=O)C(C)(C)NC(=O)C1CC(=O)N(Cc2ccccn2)C1. The molecule has 124 valence electrons. The van der Waals surface area contributed by atoms with Crippen molar-refractivity contribution in [3.05, 3.63) is 30.1 Å². The van der Waals surface area contributed by atoms with Gasteiger partial charge in [0.25, 0.3) is 0 Å². The Labute approximate surface area is 135 Å². The number of amides is 2. The van der Waals surface area contributed by atoms with Crippen molar-refractivity contribution in [2.75, 3.05) is 13.7 Å². The van der Waals surface area contributed by atoms with E-state index >= 15 is 0 Å². The van der Waals surface area contributed by atoms with Gasteiger partial charge in [0.05, 0.1) is 25.3 Å². The molecule has 1 aliphatic rings. The second kappa shape index (κ2) is 6.76. The summed E-state index contributed by atoms with van der Waals surface area (Å²) in [6.45, 7) is 3.83. The standard InChI is InChI=1S/C16H21N3O4/c1-16(2,15(22)23-3)18-14(21)11-8-13(20)19(9-11)10-12-6-4-5-7-17-12/h4-7,11H,8-10H2,1-3H3,(H,18,21). The quantitative estimate of drug-likeness (QED) is 0.798. The van der Waals surface area contributed by atoms with Gasteiger partial charge in [0.15, 0.2) is 0 Å². The zero-order chi connectivity index (χ0) is 17.0. The molecule has 7 heteroatoms. The van der Waals surface area contributed by atoms with Crippen LogP contribution in [0.15, 0.2) is 24.4 Å². The molecule has 1 aliphatic heterocycles. The van der Waals surface area contributed by atoms with E-state index in [0.29, 0.717) is 13.1 Å². The van der Waals surface area contributed by atoms with Crippen molar-refractivity contribution in [3.8, 4) is 0 Å². The van der Waals surface area contributed by atoms with Crippen LogP contribution in [0.5, 0.6) is 0 Å². The van der Waals surface area contributed by atoms with Gasteiger partial charge in [-0.1, -0.05) is 6.07 Å². The Morgan fingerprint density at radius 2 is 2.17 bits per heavy atom. The zero-order valence-corrected chi connectivity index (χ0v) is 13.5. The molecule has 0 aliphatic carbocycles. The summed E-state index contributed by atoms with van der Waals surface area (Å²) in [7, 11) is 1.27. The van der Waals surface area contributed by atoms with E-state index in [1.54, 1.807) is 31.0 Å². The summed E-state index contributed by atoms with van der Waals surface area (Å²) < 4.78 is 4.66. The van der Waals surface area contributed by atoms with E-state index in [1.165, 1.54) is 7.11 Å². The van der Waals surface area contributed by atoms with E-state index in [1.807, 2.05) is 12.1 Å². The minimum atomic E-state index is -1.12. The molecule has 1 atom stereocenters. The van der Waals surface area contributed by atoms with Crippen molar-refractivity contribution in [2.24, 2.45) is 5.92 Å². The minimum Gasteiger partial charge on any atom is -0.467 e. The van der Waals surface area contributed by atoms with E-state index in [4.69, 9.17) is 0 Å². The van der Waals surface area contributed by atoms with Crippen molar-refractivity contribution in [1.29, 1.82) is 0 Å². The number of ether oxygens (including phenoxy) is 1. The van der Waals surface area contributed by atoms with Crippen LogP contribution in [0, 0.1) is 5.92 Å². The second-order valence-electron chi connectivity index (χ2n) is 6.10. The highest BCUT2D eigenvalue weighted by atomic mass is 16.5. The van der Waals surface area contributed by atoms with Crippen LogP contribution in [0.2, 0.25) is 0 Å². The topological polar surface area (TPSA) is 88.6 Å². The Kier molecular flexibility index (Phi) is 4.98. The molecule has 1 N–H and O–H groups in total. The summed E-state index contributed by atoms with van der Waals surface area (Å²) in [5.74, 6) is -1.42. The number of likely N-dealkylation sites (tertiary alicyclic amines) is 1. The maximum absolute atomic E-state index is 12.3. The number of pyridine rings is 1. The fourth-order valence-electron chi connectivity index (χ4n) is 2.50. The third-order valence-electron chi connectivity index (χ3n) is 3.80. The Bertz CT molecular complexity index is 601. The Morgan fingerprint density at radius 1 is 1.43 bits per heavy atom. The number of nitrogens with one attached hydrogen (secondary N) is 1. The molecule has 2 rings (SSSR count). The second-order valence-corrected chi connectivity index (χ2v) is 6.10. The van der Waals surface area contributed by atoms with Crippen LogP contribution in [-0.4, -0.2) is 46.9 Å². The van der Waals surface area contributed by atoms with Crippen LogP contribution in [0.25, 0.3) is 0 Å². The van der Waals surface area contributed by atoms with Gasteiger partial charge in [-0.05, 0) is 26.0 Å². The number of nitrogens with zero attached hydrogens (tertiary/aromatic N) is 2. The predicted molar refractivity (Wildman–Crippen MR) is 82.0 cm³/mol. The van der Waals surface area contributed by atoms with E-state index in [9.17, 15) is 14.4 Å². The highest BCUT2D eigenvalue weighted by Crippen LogP contribution is 2.21. The van der Waals surface area contributed by atoms with Gasteiger partial charge in [0.1, 0.15) is 5.54 Å². The monoisotopic (exact) mass is 319 g/mol. The Hall–Kier alpha value is -2.44. The smallest absolute Gasteiger partial charge is 0.330 e. The first-order valence-corrected chi connectivity index (χ1v) is 7.41. The molecule has 1 unspecified atom stereocenters. The molecular formula is C16H21N3O4. The number of aromatic nitrogens is 1. The summed E-state index contributed by atoms with van der Waals surface area (Å²) in [5.41, 5.74) is -0.347. The van der Waals surface area contributed by atoms with Crippen LogP contribution in [-0.2, 0) is 25.7 Å². The molecule has 2 heterocycles. The molecule has 1 aromatic rings. The van der Waals surface area contributed by atoms with Gasteiger partial charge in [-0.2, -0.15) is 0 Å². The van der Waals surface area contributed by atoms with Crippen LogP contribution >= 0.6 is 0 Å². The fraction of sp³-hybridized carbons (Fsp3) is 0.500. The first-order valence-electron chi connectivity index (χ1n) is 7.41. The highest BCUT2D eigenvalue weighted by Gasteiger charge is 2.38. The number of methoxy groups -OCH3 is 1. The Morgan fingerprint density at radius 3 is 2.78 bits per heavy atom. The molecule has 0 aromatic carbocycles. The molecule has 0 radical (unpaired) electrons. The van der Waals surface area contributed by atoms with Gasteiger partial charge in [0, 0.05) is 19.2 Å². The number of carbonyl (C=O) groups excluding carboxylic acids is 3. The molecule has 7 nitrogen and oxygen atoms in total. The Balaban J connectivity index is 1.96. The average Bonchev–Trinajstić information content (AvgIpc) is 2.88. The molecular weight excluding hydrogens is 298 g/mol.